The number of hydrogen-bond acceptors (Lipinski definition) is 1. The zero-order valence-corrected chi connectivity index (χ0v) is 5.98. The third-order valence-electron chi connectivity index (χ3n) is 1.31. The molecular formula is C5H9NOSi. The van der Waals surface area contributed by atoms with Crippen LogP contribution < -0.4 is 0 Å². The van der Waals surface area contributed by atoms with Gasteiger partial charge in [-0.05, 0) is 6.42 Å². The third kappa shape index (κ3) is 1.33. The minimum atomic E-state index is 0. The summed E-state index contributed by atoms with van der Waals surface area (Å²) in [7, 11) is 1.84. The summed E-state index contributed by atoms with van der Waals surface area (Å²) in [5.74, 6) is 0.292. The van der Waals surface area contributed by atoms with Gasteiger partial charge in [-0.25, -0.2) is 0 Å². The van der Waals surface area contributed by atoms with Gasteiger partial charge in [0.15, 0.2) is 0 Å². The fourth-order valence-corrected chi connectivity index (χ4v) is 0.783. The first-order valence-corrected chi connectivity index (χ1v) is 2.54. The van der Waals surface area contributed by atoms with E-state index < -0.39 is 0 Å². The van der Waals surface area contributed by atoms with E-state index in [1.807, 2.05) is 7.05 Å². The monoisotopic (exact) mass is 127 g/mol. The van der Waals surface area contributed by atoms with Crippen molar-refractivity contribution in [1.82, 2.24) is 4.90 Å². The lowest BCUT2D eigenvalue weighted by Crippen LogP contribution is -2.17. The second-order valence-corrected chi connectivity index (χ2v) is 1.92. The van der Waals surface area contributed by atoms with Crippen LogP contribution in [-0.2, 0) is 4.79 Å². The quantitative estimate of drug-likeness (QED) is 0.415. The number of likely N-dealkylation sites (tertiary alicyclic amines) is 1. The minimum Gasteiger partial charge on any atom is -0.346 e. The van der Waals surface area contributed by atoms with Crippen LogP contribution in [0.4, 0.5) is 0 Å². The normalized spacial score (nSPS) is 18.6. The van der Waals surface area contributed by atoms with Crippen LogP contribution in [0.2, 0.25) is 0 Å². The van der Waals surface area contributed by atoms with Crippen molar-refractivity contribution in [2.45, 2.75) is 12.8 Å². The molecule has 0 unspecified atom stereocenters. The summed E-state index contributed by atoms with van der Waals surface area (Å²) in [4.78, 5) is 12.3. The Balaban J connectivity index is 0.000000490. The van der Waals surface area contributed by atoms with Gasteiger partial charge in [-0.1, -0.05) is 0 Å². The molecule has 0 aromatic heterocycles. The Morgan fingerprint density at radius 3 is 2.38 bits per heavy atom. The van der Waals surface area contributed by atoms with Gasteiger partial charge >= 0.3 is 0 Å². The fraction of sp³-hybridized carbons (Fsp3) is 0.800. The molecule has 0 aliphatic carbocycles. The van der Waals surface area contributed by atoms with E-state index in [0.717, 1.165) is 19.4 Å². The molecule has 1 fully saturated rings. The second kappa shape index (κ2) is 2.87. The van der Waals surface area contributed by atoms with Crippen LogP contribution in [-0.4, -0.2) is 35.4 Å². The van der Waals surface area contributed by atoms with Gasteiger partial charge in [0, 0.05) is 31.0 Å². The smallest absolute Gasteiger partial charge is 0.222 e. The van der Waals surface area contributed by atoms with Crippen molar-refractivity contribution >= 4 is 16.9 Å². The molecule has 1 heterocycles. The van der Waals surface area contributed by atoms with Gasteiger partial charge in [-0.3, -0.25) is 4.79 Å². The largest absolute Gasteiger partial charge is 0.346 e. The molecule has 8 heavy (non-hydrogen) atoms. The van der Waals surface area contributed by atoms with Crippen molar-refractivity contribution in [2.24, 2.45) is 0 Å². The second-order valence-electron chi connectivity index (χ2n) is 1.92. The Morgan fingerprint density at radius 1 is 1.62 bits per heavy atom. The molecule has 4 radical (unpaired) electrons. The summed E-state index contributed by atoms with van der Waals surface area (Å²) in [5.41, 5.74) is 0. The van der Waals surface area contributed by atoms with Gasteiger partial charge in [0.1, 0.15) is 0 Å². The average Bonchev–Trinajstić information content (AvgIpc) is 1.91. The van der Waals surface area contributed by atoms with E-state index in [1.54, 1.807) is 4.90 Å². The van der Waals surface area contributed by atoms with Crippen molar-refractivity contribution in [2.75, 3.05) is 13.6 Å². The van der Waals surface area contributed by atoms with Crippen LogP contribution in [0.15, 0.2) is 0 Å². The zero-order chi connectivity index (χ0) is 5.28. The molecule has 1 rings (SSSR count). The highest BCUT2D eigenvalue weighted by atomic mass is 28.1. The van der Waals surface area contributed by atoms with Crippen molar-refractivity contribution in [3.63, 3.8) is 0 Å². The summed E-state index contributed by atoms with van der Waals surface area (Å²) in [6.45, 7) is 0.957. The van der Waals surface area contributed by atoms with Crippen LogP contribution >= 0.6 is 0 Å². The van der Waals surface area contributed by atoms with Crippen LogP contribution in [0.1, 0.15) is 12.8 Å². The molecule has 1 aliphatic rings. The number of carbonyl (C=O) groups is 1. The molecule has 1 amide bonds. The Kier molecular flexibility index (Phi) is 2.75. The van der Waals surface area contributed by atoms with E-state index in [4.69, 9.17) is 0 Å². The van der Waals surface area contributed by atoms with Crippen molar-refractivity contribution in [3.05, 3.63) is 0 Å². The van der Waals surface area contributed by atoms with Crippen molar-refractivity contribution in [3.8, 4) is 0 Å². The third-order valence-corrected chi connectivity index (χ3v) is 1.31. The predicted molar refractivity (Wildman–Crippen MR) is 32.6 cm³/mol. The Bertz CT molecular complexity index is 94.4. The highest BCUT2D eigenvalue weighted by Crippen LogP contribution is 2.04. The van der Waals surface area contributed by atoms with Gasteiger partial charge in [0.25, 0.3) is 0 Å². The van der Waals surface area contributed by atoms with Crippen LogP contribution in [0.3, 0.4) is 0 Å². The van der Waals surface area contributed by atoms with Gasteiger partial charge in [0.05, 0.1) is 0 Å². The topological polar surface area (TPSA) is 20.3 Å². The van der Waals surface area contributed by atoms with Crippen LogP contribution in [0, 0.1) is 0 Å². The number of carbonyl (C=O) groups excluding carboxylic acids is 1. The van der Waals surface area contributed by atoms with Gasteiger partial charge in [0.2, 0.25) is 5.91 Å². The number of nitrogens with zero attached hydrogens (tertiary/aromatic N) is 1. The van der Waals surface area contributed by atoms with Crippen LogP contribution in [0.5, 0.6) is 0 Å². The highest BCUT2D eigenvalue weighted by Gasteiger charge is 2.14. The highest BCUT2D eigenvalue weighted by molar-refractivity contribution is 5.77. The SMILES string of the molecule is CN1CCCC1=O.[Si]. The van der Waals surface area contributed by atoms with E-state index in [1.165, 1.54) is 0 Å². The van der Waals surface area contributed by atoms with Crippen molar-refractivity contribution in [1.29, 1.82) is 0 Å². The van der Waals surface area contributed by atoms with E-state index in [2.05, 4.69) is 0 Å². The number of amides is 1. The molecule has 0 aromatic rings. The maximum atomic E-state index is 10.5. The first kappa shape index (κ1) is 7.69. The van der Waals surface area contributed by atoms with Gasteiger partial charge in [-0.2, -0.15) is 0 Å². The Morgan fingerprint density at radius 2 is 2.25 bits per heavy atom. The summed E-state index contributed by atoms with van der Waals surface area (Å²) in [6.07, 6.45) is 1.81. The minimum absolute atomic E-state index is 0. The molecule has 0 atom stereocenters. The molecule has 44 valence electrons. The molecule has 0 saturated carbocycles. The lowest BCUT2D eigenvalue weighted by atomic mass is 10.4. The van der Waals surface area contributed by atoms with Gasteiger partial charge in [-0.15, -0.1) is 0 Å². The lowest BCUT2D eigenvalue weighted by Gasteiger charge is -2.03. The fourth-order valence-electron chi connectivity index (χ4n) is 0.783. The molecule has 0 N–H and O–H groups in total. The standard InChI is InChI=1S/C5H9NO.Si/c1-6-4-2-3-5(6)7;/h2-4H2,1H3;. The van der Waals surface area contributed by atoms with E-state index in [-0.39, 0.29) is 11.0 Å². The Hall–Kier alpha value is -0.313. The molecule has 0 bridgehead atoms. The first-order valence-electron chi connectivity index (χ1n) is 2.54. The maximum absolute atomic E-state index is 10.5. The van der Waals surface area contributed by atoms with E-state index >= 15 is 0 Å². The van der Waals surface area contributed by atoms with E-state index in [9.17, 15) is 4.79 Å². The lowest BCUT2D eigenvalue weighted by molar-refractivity contribution is -0.126. The molecule has 0 spiro atoms. The predicted octanol–water partition coefficient (Wildman–Crippen LogP) is -0.142. The molecule has 1 aliphatic heterocycles. The summed E-state index contributed by atoms with van der Waals surface area (Å²) >= 11 is 0. The summed E-state index contributed by atoms with van der Waals surface area (Å²) in [6, 6.07) is 0. The van der Waals surface area contributed by atoms with Crippen LogP contribution in [0.25, 0.3) is 0 Å². The molecule has 1 saturated heterocycles. The maximum Gasteiger partial charge on any atom is 0.222 e. The Labute approximate surface area is 53.9 Å². The average molecular weight is 127 g/mol. The molecule has 3 heteroatoms. The molecule has 2 nitrogen and oxygen atoms in total. The van der Waals surface area contributed by atoms with Crippen molar-refractivity contribution < 1.29 is 4.79 Å². The molecular weight excluding hydrogens is 118 g/mol. The van der Waals surface area contributed by atoms with E-state index in [0.29, 0.717) is 5.91 Å². The summed E-state index contributed by atoms with van der Waals surface area (Å²) in [5, 5.41) is 0. The molecule has 0 aromatic carbocycles. The zero-order valence-electron chi connectivity index (χ0n) is 4.98. The first-order chi connectivity index (χ1) is 3.30. The number of rotatable bonds is 0. The van der Waals surface area contributed by atoms with Gasteiger partial charge < -0.3 is 4.90 Å². The summed E-state index contributed by atoms with van der Waals surface area (Å²) < 4.78 is 0. The number of hydrogen-bond donors (Lipinski definition) is 0.